The van der Waals surface area contributed by atoms with Crippen molar-refractivity contribution in [3.8, 4) is 0 Å². The van der Waals surface area contributed by atoms with Gasteiger partial charge in [0, 0.05) is 5.92 Å². The molecule has 0 amide bonds. The summed E-state index contributed by atoms with van der Waals surface area (Å²) in [5.41, 5.74) is 6.40. The average molecular weight is 270 g/mol. The Balaban J connectivity index is 2.05. The van der Waals surface area contributed by atoms with Gasteiger partial charge in [-0.05, 0) is 76.0 Å². The Kier molecular flexibility index (Phi) is 3.69. The first-order valence-corrected chi connectivity index (χ1v) is 8.52. The van der Waals surface area contributed by atoms with Crippen molar-refractivity contribution < 1.29 is 0 Å². The van der Waals surface area contributed by atoms with E-state index < -0.39 is 0 Å². The molecular weight excluding hydrogens is 240 g/mol. The monoisotopic (exact) mass is 270 g/mol. The van der Waals surface area contributed by atoms with Crippen LogP contribution in [-0.4, -0.2) is 0 Å². The van der Waals surface area contributed by atoms with E-state index in [1.807, 2.05) is 0 Å². The van der Waals surface area contributed by atoms with Crippen molar-refractivity contribution in [1.82, 2.24) is 0 Å². The van der Waals surface area contributed by atoms with Crippen LogP contribution in [-0.2, 0) is 0 Å². The molecule has 3 aliphatic rings. The predicted molar refractivity (Wildman–Crippen MR) is 87.5 cm³/mol. The maximum atomic E-state index is 4.46. The summed E-state index contributed by atoms with van der Waals surface area (Å²) < 4.78 is 0. The van der Waals surface area contributed by atoms with Gasteiger partial charge in [0.15, 0.2) is 0 Å². The zero-order valence-electron chi connectivity index (χ0n) is 13.5. The van der Waals surface area contributed by atoms with Gasteiger partial charge in [0.25, 0.3) is 0 Å². The lowest BCUT2D eigenvalue weighted by Gasteiger charge is -2.45. The molecule has 110 valence electrons. The molecule has 20 heavy (non-hydrogen) atoms. The van der Waals surface area contributed by atoms with Gasteiger partial charge < -0.3 is 0 Å². The number of rotatable bonds is 1. The molecule has 0 unspecified atom stereocenters. The fraction of sp³-hybridized carbons (Fsp3) is 0.700. The summed E-state index contributed by atoms with van der Waals surface area (Å²) >= 11 is 0. The third kappa shape index (κ3) is 2.12. The van der Waals surface area contributed by atoms with Gasteiger partial charge >= 0.3 is 0 Å². The molecule has 0 radical (unpaired) electrons. The first kappa shape index (κ1) is 14.2. The number of hydrogen-bond acceptors (Lipinski definition) is 0. The third-order valence-electron chi connectivity index (χ3n) is 6.57. The van der Waals surface area contributed by atoms with E-state index in [-0.39, 0.29) is 0 Å². The molecule has 0 spiro atoms. The van der Waals surface area contributed by atoms with Crippen molar-refractivity contribution in [2.75, 3.05) is 0 Å². The second-order valence-corrected chi connectivity index (χ2v) is 7.73. The fourth-order valence-corrected chi connectivity index (χ4v) is 5.44. The Bertz CT molecular complexity index is 464. The largest absolute Gasteiger partial charge is 0.0998 e. The van der Waals surface area contributed by atoms with E-state index in [2.05, 4.69) is 33.9 Å². The summed E-state index contributed by atoms with van der Waals surface area (Å²) in [7, 11) is 0. The van der Waals surface area contributed by atoms with Crippen molar-refractivity contribution in [3.05, 3.63) is 35.5 Å². The van der Waals surface area contributed by atoms with E-state index in [0.29, 0.717) is 5.92 Å². The van der Waals surface area contributed by atoms with Crippen LogP contribution in [0.4, 0.5) is 0 Å². The molecule has 0 heterocycles. The maximum absolute atomic E-state index is 4.46. The summed E-state index contributed by atoms with van der Waals surface area (Å²) in [6.45, 7) is 15.9. The minimum absolute atomic E-state index is 0.687. The molecule has 0 nitrogen and oxygen atoms in total. The first-order chi connectivity index (χ1) is 9.50. The topological polar surface area (TPSA) is 0 Å². The normalized spacial score (nSPS) is 41.1. The maximum Gasteiger partial charge on any atom is 0.00438 e. The molecule has 0 N–H and O–H groups in total. The molecule has 0 aromatic rings. The Morgan fingerprint density at radius 2 is 1.85 bits per heavy atom. The van der Waals surface area contributed by atoms with Gasteiger partial charge in [0.05, 0.1) is 0 Å². The highest BCUT2D eigenvalue weighted by Crippen LogP contribution is 2.56. The fourth-order valence-electron chi connectivity index (χ4n) is 5.44. The van der Waals surface area contributed by atoms with Crippen LogP contribution in [0.3, 0.4) is 0 Å². The van der Waals surface area contributed by atoms with E-state index in [4.69, 9.17) is 0 Å². The smallest absolute Gasteiger partial charge is 0.00438 e. The van der Waals surface area contributed by atoms with E-state index in [9.17, 15) is 0 Å². The Morgan fingerprint density at radius 3 is 2.55 bits per heavy atom. The van der Waals surface area contributed by atoms with Crippen molar-refractivity contribution in [2.45, 2.75) is 59.3 Å². The zero-order chi connectivity index (χ0) is 14.4. The van der Waals surface area contributed by atoms with Crippen molar-refractivity contribution in [2.24, 2.45) is 29.6 Å². The standard InChI is InChI=1S/C20H30/c1-12(2)16-9-6-14(4)18-10-7-13(3)17-11-8-15(5)19(17)20(16)18/h14,16,18-20H,1,5-11H2,2-4H3/t14-,16-,18+,19-,20-/m0/s1. The molecule has 3 aliphatic carbocycles. The number of allylic oxidation sites excluding steroid dienone is 4. The highest BCUT2D eigenvalue weighted by molar-refractivity contribution is 5.34. The first-order valence-electron chi connectivity index (χ1n) is 8.52. The molecular formula is C20H30. The minimum atomic E-state index is 0.687. The van der Waals surface area contributed by atoms with Gasteiger partial charge in [-0.15, -0.1) is 0 Å². The zero-order valence-corrected chi connectivity index (χ0v) is 13.5. The molecule has 5 atom stereocenters. The van der Waals surface area contributed by atoms with Crippen LogP contribution in [0.1, 0.15) is 59.3 Å². The average Bonchev–Trinajstić information content (AvgIpc) is 2.70. The quantitative estimate of drug-likeness (QED) is 0.519. The molecule has 0 bridgehead atoms. The molecule has 2 saturated carbocycles. The summed E-state index contributed by atoms with van der Waals surface area (Å²) in [4.78, 5) is 0. The molecule has 0 aromatic carbocycles. The minimum Gasteiger partial charge on any atom is -0.0998 e. The molecule has 0 saturated heterocycles. The van der Waals surface area contributed by atoms with Gasteiger partial charge in [-0.3, -0.25) is 0 Å². The molecule has 3 rings (SSSR count). The van der Waals surface area contributed by atoms with E-state index in [1.165, 1.54) is 49.7 Å². The van der Waals surface area contributed by atoms with Crippen LogP contribution >= 0.6 is 0 Å². The van der Waals surface area contributed by atoms with Crippen molar-refractivity contribution >= 4 is 0 Å². The molecule has 0 aromatic heterocycles. The summed E-state index contributed by atoms with van der Waals surface area (Å²) in [6.07, 6.45) is 8.00. The van der Waals surface area contributed by atoms with E-state index >= 15 is 0 Å². The van der Waals surface area contributed by atoms with Crippen LogP contribution < -0.4 is 0 Å². The van der Waals surface area contributed by atoms with Gasteiger partial charge in [0.2, 0.25) is 0 Å². The van der Waals surface area contributed by atoms with Crippen LogP contribution in [0.25, 0.3) is 0 Å². The lowest BCUT2D eigenvalue weighted by atomic mass is 9.59. The SMILES string of the molecule is C=C1CCC2=C(C)CC[C@H]3[C@@H]([C@@H]12)[C@H](C(=C)C)CC[C@@H]3C. The van der Waals surface area contributed by atoms with Crippen molar-refractivity contribution in [3.63, 3.8) is 0 Å². The highest BCUT2D eigenvalue weighted by atomic mass is 14.5. The Hall–Kier alpha value is -0.780. The lowest BCUT2D eigenvalue weighted by molar-refractivity contribution is 0.0902. The van der Waals surface area contributed by atoms with Crippen molar-refractivity contribution in [1.29, 1.82) is 0 Å². The van der Waals surface area contributed by atoms with Gasteiger partial charge in [-0.2, -0.15) is 0 Å². The summed E-state index contributed by atoms with van der Waals surface area (Å²) in [5, 5.41) is 0. The van der Waals surface area contributed by atoms with E-state index in [0.717, 1.165) is 23.7 Å². The molecule has 0 heteroatoms. The Labute approximate surface area is 125 Å². The summed E-state index contributed by atoms with van der Waals surface area (Å²) in [6, 6.07) is 0. The van der Waals surface area contributed by atoms with Gasteiger partial charge in [-0.1, -0.05) is 42.4 Å². The van der Waals surface area contributed by atoms with E-state index in [1.54, 1.807) is 11.1 Å². The van der Waals surface area contributed by atoms with Gasteiger partial charge in [0.1, 0.15) is 0 Å². The highest BCUT2D eigenvalue weighted by Gasteiger charge is 2.46. The van der Waals surface area contributed by atoms with Crippen LogP contribution in [0.15, 0.2) is 35.5 Å². The van der Waals surface area contributed by atoms with Crippen LogP contribution in [0, 0.1) is 29.6 Å². The lowest BCUT2D eigenvalue weighted by Crippen LogP contribution is -2.38. The van der Waals surface area contributed by atoms with Crippen LogP contribution in [0.5, 0.6) is 0 Å². The van der Waals surface area contributed by atoms with Gasteiger partial charge in [-0.25, -0.2) is 0 Å². The second-order valence-electron chi connectivity index (χ2n) is 7.73. The number of hydrogen-bond donors (Lipinski definition) is 0. The molecule has 0 aliphatic heterocycles. The van der Waals surface area contributed by atoms with Crippen LogP contribution in [0.2, 0.25) is 0 Å². The predicted octanol–water partition coefficient (Wildman–Crippen LogP) is 5.92. The number of fused-ring (bicyclic) bond motifs is 3. The second kappa shape index (κ2) is 5.20. The molecule has 2 fully saturated rings. The third-order valence-corrected chi connectivity index (χ3v) is 6.57. The Morgan fingerprint density at radius 1 is 1.10 bits per heavy atom. The summed E-state index contributed by atoms with van der Waals surface area (Å²) in [5.74, 6) is 4.00.